The molecule has 0 aliphatic rings. The highest BCUT2D eigenvalue weighted by Crippen LogP contribution is 2.04. The molecule has 0 aliphatic heterocycles. The zero-order valence-corrected chi connectivity index (χ0v) is 10.3. The van der Waals surface area contributed by atoms with Crippen LogP contribution in [0.2, 0.25) is 0 Å². The van der Waals surface area contributed by atoms with Gasteiger partial charge in [0.15, 0.2) is 7.18 Å². The Labute approximate surface area is 73.3 Å². The van der Waals surface area contributed by atoms with E-state index in [-0.39, 0.29) is 7.18 Å². The van der Waals surface area contributed by atoms with E-state index in [0.29, 0.717) is 0 Å². The van der Waals surface area contributed by atoms with Gasteiger partial charge >= 0.3 is 0 Å². The van der Waals surface area contributed by atoms with Crippen LogP contribution in [0.1, 0.15) is 27.7 Å². The lowest BCUT2D eigenvalue weighted by Gasteiger charge is -2.27. The minimum atomic E-state index is 0.0364. The Morgan fingerprint density at radius 1 is 1.11 bits per heavy atom. The molecule has 0 fully saturated rings. The van der Waals surface area contributed by atoms with Crippen molar-refractivity contribution in [3.63, 3.8) is 0 Å². The minimum absolute atomic E-state index is 0.0364. The molecular weight excluding hydrogens is 241 g/mol. The second-order valence-electron chi connectivity index (χ2n) is 2.82. The van der Waals surface area contributed by atoms with Crippen molar-refractivity contribution in [3.05, 3.63) is 0 Å². The van der Waals surface area contributed by atoms with Crippen molar-refractivity contribution >= 4 is 29.0 Å². The van der Waals surface area contributed by atoms with Gasteiger partial charge in [0.2, 0.25) is 0 Å². The Balaban J connectivity index is 3.68. The van der Waals surface area contributed by atoms with Gasteiger partial charge in [0.05, 0.1) is 0 Å². The molecule has 0 spiro atoms. The number of nitrogens with zero attached hydrogens (tertiary/aromatic N) is 1. The molecular formula is C6H16INSi. The van der Waals surface area contributed by atoms with Gasteiger partial charge in [-0.2, -0.15) is 0 Å². The first-order valence-electron chi connectivity index (χ1n) is 3.41. The SMILES string of the molecule is CC(C)N([SiH2]I)C(C)C. The first-order chi connectivity index (χ1) is 4.09. The van der Waals surface area contributed by atoms with Gasteiger partial charge < -0.3 is 4.57 Å². The molecule has 0 heterocycles. The average Bonchev–Trinajstić information content (AvgIpc) is 1.64. The maximum Gasteiger partial charge on any atom is 0.166 e. The van der Waals surface area contributed by atoms with Crippen molar-refractivity contribution in [1.29, 1.82) is 0 Å². The summed E-state index contributed by atoms with van der Waals surface area (Å²) in [7, 11) is 0.0364. The molecule has 56 valence electrons. The zero-order chi connectivity index (χ0) is 7.44. The molecule has 1 nitrogen and oxygen atoms in total. The van der Waals surface area contributed by atoms with Gasteiger partial charge in [-0.1, -0.05) is 27.7 Å². The van der Waals surface area contributed by atoms with E-state index in [0.717, 1.165) is 12.1 Å². The highest BCUT2D eigenvalue weighted by molar-refractivity contribution is 14.1. The van der Waals surface area contributed by atoms with Crippen LogP contribution < -0.4 is 0 Å². The molecule has 9 heavy (non-hydrogen) atoms. The summed E-state index contributed by atoms with van der Waals surface area (Å²) in [5, 5.41) is 0. The van der Waals surface area contributed by atoms with E-state index in [4.69, 9.17) is 0 Å². The van der Waals surface area contributed by atoms with Crippen molar-refractivity contribution < 1.29 is 0 Å². The van der Waals surface area contributed by atoms with E-state index in [1.165, 1.54) is 0 Å². The monoisotopic (exact) mass is 257 g/mol. The summed E-state index contributed by atoms with van der Waals surface area (Å²) in [4.78, 5) is 0. The summed E-state index contributed by atoms with van der Waals surface area (Å²) >= 11 is 2.54. The molecule has 0 aliphatic carbocycles. The molecule has 0 bridgehead atoms. The van der Waals surface area contributed by atoms with Gasteiger partial charge in [-0.05, 0) is 12.1 Å². The second kappa shape index (κ2) is 4.68. The highest BCUT2D eigenvalue weighted by atomic mass is 127. The van der Waals surface area contributed by atoms with Crippen LogP contribution in [0.25, 0.3) is 0 Å². The number of rotatable bonds is 3. The minimum Gasteiger partial charge on any atom is -0.316 e. The van der Waals surface area contributed by atoms with Gasteiger partial charge in [0.25, 0.3) is 0 Å². The molecule has 0 aromatic heterocycles. The van der Waals surface area contributed by atoms with Gasteiger partial charge in [-0.3, -0.25) is 0 Å². The average molecular weight is 257 g/mol. The molecule has 0 unspecified atom stereocenters. The Morgan fingerprint density at radius 2 is 1.44 bits per heavy atom. The third-order valence-corrected chi connectivity index (χ3v) is 5.56. The first kappa shape index (κ1) is 9.91. The number of hydrogen-bond donors (Lipinski definition) is 0. The van der Waals surface area contributed by atoms with Crippen LogP contribution in [0, 0.1) is 0 Å². The van der Waals surface area contributed by atoms with Gasteiger partial charge in [0.1, 0.15) is 0 Å². The van der Waals surface area contributed by atoms with E-state index in [2.05, 4.69) is 54.1 Å². The smallest absolute Gasteiger partial charge is 0.166 e. The fourth-order valence-corrected chi connectivity index (χ4v) is 6.15. The lowest BCUT2D eigenvalue weighted by molar-refractivity contribution is 0.319. The largest absolute Gasteiger partial charge is 0.316 e. The number of hydrogen-bond acceptors (Lipinski definition) is 1. The fraction of sp³-hybridized carbons (Fsp3) is 1.00. The van der Waals surface area contributed by atoms with E-state index < -0.39 is 0 Å². The van der Waals surface area contributed by atoms with E-state index in [9.17, 15) is 0 Å². The Kier molecular flexibility index (Phi) is 5.15. The van der Waals surface area contributed by atoms with Crippen LogP contribution in [0.3, 0.4) is 0 Å². The predicted octanol–water partition coefficient (Wildman–Crippen LogP) is 1.54. The topological polar surface area (TPSA) is 3.24 Å². The zero-order valence-electron chi connectivity index (χ0n) is 6.69. The van der Waals surface area contributed by atoms with Crippen molar-refractivity contribution in [2.24, 2.45) is 0 Å². The van der Waals surface area contributed by atoms with Crippen molar-refractivity contribution in [3.8, 4) is 0 Å². The summed E-state index contributed by atoms with van der Waals surface area (Å²) in [6.07, 6.45) is 0. The molecule has 0 atom stereocenters. The molecule has 3 heteroatoms. The van der Waals surface area contributed by atoms with Crippen molar-refractivity contribution in [1.82, 2.24) is 4.57 Å². The van der Waals surface area contributed by atoms with Gasteiger partial charge in [-0.15, -0.1) is 21.8 Å². The first-order valence-corrected chi connectivity index (χ1v) is 9.15. The van der Waals surface area contributed by atoms with Gasteiger partial charge in [0, 0.05) is 0 Å². The highest BCUT2D eigenvalue weighted by Gasteiger charge is 2.10. The van der Waals surface area contributed by atoms with Crippen LogP contribution in [-0.2, 0) is 0 Å². The van der Waals surface area contributed by atoms with Crippen LogP contribution >= 0.6 is 21.8 Å². The summed E-state index contributed by atoms with van der Waals surface area (Å²) in [5.41, 5.74) is 0. The molecule has 0 radical (unpaired) electrons. The predicted molar refractivity (Wildman–Crippen MR) is 54.7 cm³/mol. The summed E-state index contributed by atoms with van der Waals surface area (Å²) < 4.78 is 2.58. The van der Waals surface area contributed by atoms with Crippen molar-refractivity contribution in [2.75, 3.05) is 0 Å². The molecule has 0 aromatic carbocycles. The maximum absolute atomic E-state index is 2.58. The third kappa shape index (κ3) is 3.57. The third-order valence-electron chi connectivity index (χ3n) is 1.46. The Morgan fingerprint density at radius 3 is 1.44 bits per heavy atom. The Hall–Kier alpha value is 0.907. The summed E-state index contributed by atoms with van der Waals surface area (Å²) in [6, 6.07) is 1.49. The number of halogens is 1. The summed E-state index contributed by atoms with van der Waals surface area (Å²) in [5.74, 6) is 0. The van der Waals surface area contributed by atoms with Crippen LogP contribution in [0.15, 0.2) is 0 Å². The normalized spacial score (nSPS) is 13.3. The second-order valence-corrected chi connectivity index (χ2v) is 5.84. The quantitative estimate of drug-likeness (QED) is 0.421. The molecule has 0 amide bonds. The Bertz CT molecular complexity index is 67.5. The molecule has 0 saturated carbocycles. The lowest BCUT2D eigenvalue weighted by atomic mass is 10.3. The van der Waals surface area contributed by atoms with E-state index in [1.807, 2.05) is 0 Å². The standard InChI is InChI=1S/C6H16INSi/c1-5(2)8(9-7)6(3)4/h5-6H,9H2,1-4H3. The van der Waals surface area contributed by atoms with E-state index >= 15 is 0 Å². The van der Waals surface area contributed by atoms with Gasteiger partial charge in [-0.25, -0.2) is 0 Å². The lowest BCUT2D eigenvalue weighted by Crippen LogP contribution is -2.37. The van der Waals surface area contributed by atoms with Crippen LogP contribution in [0.4, 0.5) is 0 Å². The fourth-order valence-electron chi connectivity index (χ4n) is 0.872. The summed E-state index contributed by atoms with van der Waals surface area (Å²) in [6.45, 7) is 9.08. The van der Waals surface area contributed by atoms with Crippen molar-refractivity contribution in [2.45, 2.75) is 39.8 Å². The molecule has 0 N–H and O–H groups in total. The van der Waals surface area contributed by atoms with Crippen LogP contribution in [-0.4, -0.2) is 23.8 Å². The van der Waals surface area contributed by atoms with Crippen LogP contribution in [0.5, 0.6) is 0 Å². The maximum atomic E-state index is 2.58. The molecule has 0 saturated heterocycles. The van der Waals surface area contributed by atoms with E-state index in [1.54, 1.807) is 0 Å². The molecule has 0 aromatic rings. The molecule has 0 rings (SSSR count).